The van der Waals surface area contributed by atoms with E-state index in [4.69, 9.17) is 0 Å². The first-order valence-electron chi connectivity index (χ1n) is 9.95. The number of benzene rings is 2. The predicted molar refractivity (Wildman–Crippen MR) is 112 cm³/mol. The summed E-state index contributed by atoms with van der Waals surface area (Å²) < 4.78 is 0. The molecule has 27 heavy (non-hydrogen) atoms. The summed E-state index contributed by atoms with van der Waals surface area (Å²) in [5.41, 5.74) is 2.00. The second kappa shape index (κ2) is 8.91. The third-order valence-electron chi connectivity index (χ3n) is 5.25. The highest BCUT2D eigenvalue weighted by atomic mass is 32.2. The normalized spacial score (nSPS) is 16.7. The van der Waals surface area contributed by atoms with E-state index in [2.05, 4.69) is 22.3 Å². The zero-order valence-electron chi connectivity index (χ0n) is 15.7. The van der Waals surface area contributed by atoms with Crippen molar-refractivity contribution in [1.29, 1.82) is 0 Å². The molecule has 0 unspecified atom stereocenters. The molecule has 0 bridgehead atoms. The highest BCUT2D eigenvalue weighted by molar-refractivity contribution is 7.99. The van der Waals surface area contributed by atoms with Crippen molar-refractivity contribution in [2.45, 2.75) is 35.5 Å². The summed E-state index contributed by atoms with van der Waals surface area (Å²) in [7, 11) is 0. The number of rotatable bonds is 6. The van der Waals surface area contributed by atoms with Gasteiger partial charge in [-0.15, -0.1) is 0 Å². The Balaban J connectivity index is 1.36. The van der Waals surface area contributed by atoms with Gasteiger partial charge in [-0.25, -0.2) is 0 Å². The second-order valence-electron chi connectivity index (χ2n) is 7.17. The summed E-state index contributed by atoms with van der Waals surface area (Å²) in [4.78, 5) is 19.8. The molecule has 1 N–H and O–H groups in total. The first-order chi connectivity index (χ1) is 13.3. The van der Waals surface area contributed by atoms with Crippen LogP contribution in [0, 0.1) is 0 Å². The van der Waals surface area contributed by atoms with Crippen LogP contribution in [0.2, 0.25) is 0 Å². The first-order valence-corrected chi connectivity index (χ1v) is 10.8. The van der Waals surface area contributed by atoms with E-state index in [1.165, 1.54) is 32.4 Å². The summed E-state index contributed by atoms with van der Waals surface area (Å²) >= 11 is 1.74. The number of nitrogens with one attached hydrogen (secondary N) is 1. The largest absolute Gasteiger partial charge is 0.315 e. The van der Waals surface area contributed by atoms with E-state index in [9.17, 15) is 4.79 Å². The zero-order valence-corrected chi connectivity index (χ0v) is 16.5. The lowest BCUT2D eigenvalue weighted by molar-refractivity contribution is -0.117. The van der Waals surface area contributed by atoms with Crippen LogP contribution in [0.25, 0.3) is 0 Å². The smallest absolute Gasteiger partial charge is 0.232 e. The molecular weight excluding hydrogens is 354 g/mol. The molecule has 2 heterocycles. The van der Waals surface area contributed by atoms with Gasteiger partial charge in [0.05, 0.1) is 11.4 Å². The number of nitrogens with zero attached hydrogens (tertiary/aromatic N) is 2. The van der Waals surface area contributed by atoms with Crippen LogP contribution in [0.5, 0.6) is 0 Å². The molecule has 0 radical (unpaired) electrons. The van der Waals surface area contributed by atoms with Gasteiger partial charge in [0.15, 0.2) is 0 Å². The van der Waals surface area contributed by atoms with Gasteiger partial charge >= 0.3 is 0 Å². The van der Waals surface area contributed by atoms with Crippen LogP contribution in [-0.2, 0) is 4.79 Å². The molecule has 2 aromatic carbocycles. The summed E-state index contributed by atoms with van der Waals surface area (Å²) in [6.07, 6.45) is 4.53. The lowest BCUT2D eigenvalue weighted by atomic mass is 10.1. The Hall–Kier alpha value is -1.82. The van der Waals surface area contributed by atoms with Crippen molar-refractivity contribution in [1.82, 2.24) is 10.2 Å². The van der Waals surface area contributed by atoms with Crippen molar-refractivity contribution >= 4 is 29.0 Å². The fraction of sp³-hybridized carbons (Fsp3) is 0.409. The van der Waals surface area contributed by atoms with Gasteiger partial charge in [-0.2, -0.15) is 0 Å². The van der Waals surface area contributed by atoms with E-state index in [0.29, 0.717) is 6.42 Å². The Morgan fingerprint density at radius 3 is 2.19 bits per heavy atom. The van der Waals surface area contributed by atoms with Gasteiger partial charge in [-0.1, -0.05) is 42.4 Å². The highest BCUT2D eigenvalue weighted by Crippen LogP contribution is 2.47. The standard InChI is InChI=1S/C22H27N3OS/c26-22(12-13-23-14-17-24-15-6-1-7-16-24)25-18-8-2-4-10-20(18)27-21-11-5-3-9-19(21)25/h2-5,8-11,23H,1,6-7,12-17H2. The van der Waals surface area contributed by atoms with E-state index in [-0.39, 0.29) is 5.91 Å². The Kier molecular flexibility index (Phi) is 6.12. The third-order valence-corrected chi connectivity index (χ3v) is 6.38. The van der Waals surface area contributed by atoms with Crippen LogP contribution >= 0.6 is 11.8 Å². The topological polar surface area (TPSA) is 35.6 Å². The minimum atomic E-state index is 0.153. The molecule has 142 valence electrons. The molecule has 4 rings (SSSR count). The lowest BCUT2D eigenvalue weighted by Gasteiger charge is -2.31. The predicted octanol–water partition coefficient (Wildman–Crippen LogP) is 4.28. The molecule has 1 fully saturated rings. The summed E-state index contributed by atoms with van der Waals surface area (Å²) in [5.74, 6) is 0.153. The average Bonchev–Trinajstić information content (AvgIpc) is 2.72. The van der Waals surface area contributed by atoms with Crippen LogP contribution < -0.4 is 10.2 Å². The average molecular weight is 382 g/mol. The molecule has 1 amide bonds. The number of hydrogen-bond acceptors (Lipinski definition) is 4. The maximum Gasteiger partial charge on any atom is 0.232 e. The van der Waals surface area contributed by atoms with Crippen molar-refractivity contribution in [3.63, 3.8) is 0 Å². The Morgan fingerprint density at radius 2 is 1.52 bits per heavy atom. The van der Waals surface area contributed by atoms with Crippen molar-refractivity contribution in [2.24, 2.45) is 0 Å². The van der Waals surface area contributed by atoms with E-state index in [1.807, 2.05) is 41.3 Å². The molecular formula is C22H27N3OS. The first kappa shape index (κ1) is 18.5. The van der Waals surface area contributed by atoms with Gasteiger partial charge in [0.1, 0.15) is 0 Å². The SMILES string of the molecule is O=C(CCNCCN1CCCCC1)N1c2ccccc2Sc2ccccc21. The molecule has 2 aromatic rings. The van der Waals surface area contributed by atoms with Crippen molar-refractivity contribution in [3.05, 3.63) is 48.5 Å². The van der Waals surface area contributed by atoms with Crippen molar-refractivity contribution in [3.8, 4) is 0 Å². The zero-order chi connectivity index (χ0) is 18.5. The minimum absolute atomic E-state index is 0.153. The molecule has 2 aliphatic heterocycles. The second-order valence-corrected chi connectivity index (χ2v) is 8.25. The number of para-hydroxylation sites is 2. The van der Waals surface area contributed by atoms with Crippen LogP contribution in [-0.4, -0.2) is 43.5 Å². The monoisotopic (exact) mass is 381 g/mol. The number of amides is 1. The number of likely N-dealkylation sites (tertiary alicyclic amines) is 1. The molecule has 0 atom stereocenters. The molecule has 0 saturated carbocycles. The molecule has 0 aromatic heterocycles. The van der Waals surface area contributed by atoms with Crippen LogP contribution in [0.3, 0.4) is 0 Å². The van der Waals surface area contributed by atoms with E-state index < -0.39 is 0 Å². The highest BCUT2D eigenvalue weighted by Gasteiger charge is 2.27. The van der Waals surface area contributed by atoms with Gasteiger partial charge in [0.2, 0.25) is 5.91 Å². The number of carbonyl (C=O) groups is 1. The number of piperidine rings is 1. The van der Waals surface area contributed by atoms with Crippen molar-refractivity contribution < 1.29 is 4.79 Å². The number of anilines is 2. The number of carbonyl (C=O) groups excluding carboxylic acids is 1. The van der Waals surface area contributed by atoms with Gasteiger partial charge in [0.25, 0.3) is 0 Å². The lowest BCUT2D eigenvalue weighted by Crippen LogP contribution is -2.37. The van der Waals surface area contributed by atoms with E-state index in [1.54, 1.807) is 11.8 Å². The number of hydrogen-bond donors (Lipinski definition) is 1. The van der Waals surface area contributed by atoms with Crippen LogP contribution in [0.4, 0.5) is 11.4 Å². The van der Waals surface area contributed by atoms with Gasteiger partial charge in [0, 0.05) is 35.8 Å². The summed E-state index contributed by atoms with van der Waals surface area (Å²) in [6, 6.07) is 16.3. The fourth-order valence-electron chi connectivity index (χ4n) is 3.83. The molecule has 4 nitrogen and oxygen atoms in total. The third kappa shape index (κ3) is 4.37. The van der Waals surface area contributed by atoms with Crippen LogP contribution in [0.1, 0.15) is 25.7 Å². The minimum Gasteiger partial charge on any atom is -0.315 e. The quantitative estimate of drug-likeness (QED) is 0.758. The van der Waals surface area contributed by atoms with Crippen LogP contribution in [0.15, 0.2) is 58.3 Å². The van der Waals surface area contributed by atoms with Gasteiger partial charge < -0.3 is 10.2 Å². The fourth-order valence-corrected chi connectivity index (χ4v) is 4.88. The van der Waals surface area contributed by atoms with E-state index in [0.717, 1.165) is 40.8 Å². The Bertz CT molecular complexity index is 743. The maximum atomic E-state index is 13.1. The van der Waals surface area contributed by atoms with Crippen molar-refractivity contribution in [2.75, 3.05) is 37.6 Å². The molecule has 5 heteroatoms. The summed E-state index contributed by atoms with van der Waals surface area (Å²) in [6.45, 7) is 5.20. The molecule has 2 aliphatic rings. The number of fused-ring (bicyclic) bond motifs is 2. The molecule has 0 spiro atoms. The van der Waals surface area contributed by atoms with E-state index >= 15 is 0 Å². The Morgan fingerprint density at radius 1 is 0.889 bits per heavy atom. The Labute approximate surface area is 165 Å². The van der Waals surface area contributed by atoms with Gasteiger partial charge in [-0.05, 0) is 50.2 Å². The molecule has 0 aliphatic carbocycles. The maximum absolute atomic E-state index is 13.1. The van der Waals surface area contributed by atoms with Gasteiger partial charge in [-0.3, -0.25) is 9.69 Å². The summed E-state index contributed by atoms with van der Waals surface area (Å²) in [5, 5.41) is 3.46. The molecule has 1 saturated heterocycles.